The second kappa shape index (κ2) is 9.12. The van der Waals surface area contributed by atoms with E-state index in [9.17, 15) is 0 Å². The maximum Gasteiger partial charge on any atom is 0.165 e. The van der Waals surface area contributed by atoms with Gasteiger partial charge in [-0.25, -0.2) is 9.97 Å². The molecule has 0 spiro atoms. The monoisotopic (exact) mass is 600 g/mol. The van der Waals surface area contributed by atoms with Crippen LogP contribution < -0.4 is 0 Å². The second-order valence-corrected chi connectivity index (χ2v) is 12.1. The summed E-state index contributed by atoms with van der Waals surface area (Å²) >= 11 is 0. The summed E-state index contributed by atoms with van der Waals surface area (Å²) < 4.78 is 46.1. The number of hydrogen-bond donors (Lipinski definition) is 0. The van der Waals surface area contributed by atoms with E-state index in [4.69, 9.17) is 16.8 Å². The van der Waals surface area contributed by atoms with Gasteiger partial charge in [0, 0.05) is 32.5 Å². The third kappa shape index (κ3) is 3.25. The van der Waals surface area contributed by atoms with Gasteiger partial charge in [-0.3, -0.25) is 4.57 Å². The molecule has 10 aromatic rings. The SMILES string of the molecule is [2H]c1c([2H])c([2H])c(-c2nc3c(ccc4ccccc43)nc2-n2c3cccc4c3c3c5c(cccc5c5ccccc5c32)-c2ccccc2-4)c([2H])c1[2H]. The normalized spacial score (nSPS) is 13.7. The number of nitrogens with zero attached hydrogens (tertiary/aromatic N) is 3. The van der Waals surface area contributed by atoms with Crippen molar-refractivity contribution < 1.29 is 6.85 Å². The molecule has 47 heavy (non-hydrogen) atoms. The van der Waals surface area contributed by atoms with Crippen LogP contribution in [0, 0.1) is 0 Å². The lowest BCUT2D eigenvalue weighted by Gasteiger charge is -2.17. The van der Waals surface area contributed by atoms with Gasteiger partial charge in [-0.15, -0.1) is 0 Å². The van der Waals surface area contributed by atoms with Gasteiger partial charge in [-0.05, 0) is 50.5 Å². The van der Waals surface area contributed by atoms with Crippen LogP contribution in [-0.2, 0) is 0 Å². The number of benzene rings is 8. The number of fused-ring (bicyclic) bond motifs is 9. The van der Waals surface area contributed by atoms with Gasteiger partial charge in [0.15, 0.2) is 5.82 Å². The zero-order chi connectivity index (χ0) is 35.0. The van der Waals surface area contributed by atoms with E-state index in [0.29, 0.717) is 16.9 Å². The largest absolute Gasteiger partial charge is 0.291 e. The molecule has 0 radical (unpaired) electrons. The fraction of sp³-hybridized carbons (Fsp3) is 0. The van der Waals surface area contributed by atoms with E-state index in [1.165, 1.54) is 0 Å². The molecular formula is C44H25N3. The van der Waals surface area contributed by atoms with Crippen LogP contribution in [0.1, 0.15) is 6.85 Å². The van der Waals surface area contributed by atoms with Gasteiger partial charge in [0.2, 0.25) is 0 Å². The Hall–Kier alpha value is -6.32. The Kier molecular flexibility index (Phi) is 4.01. The Balaban J connectivity index is 1.43. The molecular weight excluding hydrogens is 571 g/mol. The Bertz CT molecular complexity index is 3230. The molecule has 0 saturated carbocycles. The van der Waals surface area contributed by atoms with E-state index in [1.807, 2.05) is 42.5 Å². The first-order chi connectivity index (χ1) is 25.4. The van der Waals surface area contributed by atoms with Crippen LogP contribution in [0.25, 0.3) is 104 Å². The summed E-state index contributed by atoms with van der Waals surface area (Å²) in [5.41, 5.74) is 7.80. The number of rotatable bonds is 2. The van der Waals surface area contributed by atoms with Crippen LogP contribution in [0.5, 0.6) is 0 Å². The molecule has 0 unspecified atom stereocenters. The first kappa shape index (κ1) is 20.7. The molecule has 1 aliphatic carbocycles. The van der Waals surface area contributed by atoms with Gasteiger partial charge in [0.1, 0.15) is 5.69 Å². The molecule has 0 amide bonds. The van der Waals surface area contributed by atoms with Crippen molar-refractivity contribution in [2.75, 3.05) is 0 Å². The predicted octanol–water partition coefficient (Wildman–Crippen LogP) is 11.5. The average Bonchev–Trinajstić information content (AvgIpc) is 3.48. The van der Waals surface area contributed by atoms with E-state index in [-0.39, 0.29) is 23.3 Å². The van der Waals surface area contributed by atoms with E-state index >= 15 is 0 Å². The molecule has 0 aliphatic heterocycles. The molecule has 0 fully saturated rings. The van der Waals surface area contributed by atoms with Crippen molar-refractivity contribution in [1.29, 1.82) is 0 Å². The van der Waals surface area contributed by atoms with E-state index in [2.05, 4.69) is 83.4 Å². The summed E-state index contributed by atoms with van der Waals surface area (Å²) in [6.07, 6.45) is 0. The highest BCUT2D eigenvalue weighted by molar-refractivity contribution is 6.37. The number of aromatic nitrogens is 3. The molecule has 3 nitrogen and oxygen atoms in total. The van der Waals surface area contributed by atoms with Crippen molar-refractivity contribution in [3.8, 4) is 39.3 Å². The topological polar surface area (TPSA) is 30.7 Å². The minimum absolute atomic E-state index is 0.0118. The van der Waals surface area contributed by atoms with Crippen LogP contribution in [0.3, 0.4) is 0 Å². The first-order valence-corrected chi connectivity index (χ1v) is 15.7. The lowest BCUT2D eigenvalue weighted by molar-refractivity contribution is 1.08. The van der Waals surface area contributed by atoms with Crippen molar-refractivity contribution in [3.05, 3.63) is 152 Å². The quantitative estimate of drug-likeness (QED) is 0.185. The zero-order valence-electron chi connectivity index (χ0n) is 29.9. The highest BCUT2D eigenvalue weighted by atomic mass is 15.1. The summed E-state index contributed by atoms with van der Waals surface area (Å²) in [7, 11) is 0. The molecule has 1 aliphatic rings. The summed E-state index contributed by atoms with van der Waals surface area (Å²) in [6.45, 7) is 0. The molecule has 8 aromatic carbocycles. The minimum Gasteiger partial charge on any atom is -0.291 e. The van der Waals surface area contributed by atoms with Gasteiger partial charge in [-0.2, -0.15) is 0 Å². The smallest absolute Gasteiger partial charge is 0.165 e. The second-order valence-electron chi connectivity index (χ2n) is 12.1. The van der Waals surface area contributed by atoms with Crippen LogP contribution >= 0.6 is 0 Å². The maximum atomic E-state index is 9.13. The van der Waals surface area contributed by atoms with Crippen LogP contribution in [0.15, 0.2) is 152 Å². The van der Waals surface area contributed by atoms with Crippen molar-refractivity contribution in [1.82, 2.24) is 14.5 Å². The Morgan fingerprint density at radius 3 is 1.98 bits per heavy atom. The molecule has 2 aromatic heterocycles. The average molecular weight is 601 g/mol. The van der Waals surface area contributed by atoms with E-state index < -0.39 is 18.1 Å². The number of hydrogen-bond acceptors (Lipinski definition) is 2. The molecule has 3 heteroatoms. The van der Waals surface area contributed by atoms with Crippen LogP contribution in [0.2, 0.25) is 0 Å². The van der Waals surface area contributed by atoms with E-state index in [1.54, 1.807) is 0 Å². The van der Waals surface area contributed by atoms with Crippen molar-refractivity contribution in [2.24, 2.45) is 0 Å². The van der Waals surface area contributed by atoms with Crippen molar-refractivity contribution in [2.45, 2.75) is 0 Å². The molecule has 0 N–H and O–H groups in total. The summed E-state index contributed by atoms with van der Waals surface area (Å²) in [4.78, 5) is 10.6. The van der Waals surface area contributed by atoms with Crippen molar-refractivity contribution in [3.63, 3.8) is 0 Å². The Morgan fingerprint density at radius 1 is 0.489 bits per heavy atom. The molecule has 2 heterocycles. The molecule has 216 valence electrons. The summed E-state index contributed by atoms with van der Waals surface area (Å²) in [6, 6.07) is 39.7. The third-order valence-electron chi connectivity index (χ3n) is 9.78. The van der Waals surface area contributed by atoms with Gasteiger partial charge in [0.25, 0.3) is 0 Å². The van der Waals surface area contributed by atoms with Gasteiger partial charge >= 0.3 is 0 Å². The van der Waals surface area contributed by atoms with E-state index in [0.717, 1.165) is 76.4 Å². The fourth-order valence-electron chi connectivity index (χ4n) is 7.90. The first-order valence-electron chi connectivity index (χ1n) is 18.2. The van der Waals surface area contributed by atoms with Gasteiger partial charge < -0.3 is 0 Å². The molecule has 0 saturated heterocycles. The lowest BCUT2D eigenvalue weighted by Crippen LogP contribution is -2.04. The lowest BCUT2D eigenvalue weighted by atomic mass is 9.91. The maximum absolute atomic E-state index is 9.13. The zero-order valence-corrected chi connectivity index (χ0v) is 24.9. The van der Waals surface area contributed by atoms with Crippen LogP contribution in [-0.4, -0.2) is 14.5 Å². The van der Waals surface area contributed by atoms with Gasteiger partial charge in [0.05, 0.1) is 28.9 Å². The molecule has 0 atom stereocenters. The standard InChI is InChI=1S/C44H25N3/c1-2-13-27(14-3-1)41-44(45-36-25-24-26-12-4-5-15-28(26)42(36)46-41)47-37-23-11-22-34-30-17-7-6-16-29(30)32-20-10-21-33-31-18-8-9-19-35(31)43(47)40(38(32)33)39(34)37/h1-25H/i1D,2D,3D,13D,14D. The summed E-state index contributed by atoms with van der Waals surface area (Å²) in [5, 5.41) is 8.37. The van der Waals surface area contributed by atoms with Crippen molar-refractivity contribution >= 4 is 65.2 Å². The predicted molar refractivity (Wildman–Crippen MR) is 196 cm³/mol. The highest BCUT2D eigenvalue weighted by Gasteiger charge is 2.28. The molecule has 0 bridgehead atoms. The Morgan fingerprint density at radius 2 is 1.15 bits per heavy atom. The third-order valence-corrected chi connectivity index (χ3v) is 9.78. The van der Waals surface area contributed by atoms with Gasteiger partial charge in [-0.1, -0.05) is 139 Å². The molecule has 11 rings (SSSR count). The Labute approximate surface area is 277 Å². The minimum atomic E-state index is -0.452. The fourth-order valence-corrected chi connectivity index (χ4v) is 7.90. The van der Waals surface area contributed by atoms with Crippen LogP contribution in [0.4, 0.5) is 0 Å². The summed E-state index contributed by atoms with van der Waals surface area (Å²) in [5.74, 6) is 0.398. The highest BCUT2D eigenvalue weighted by Crippen LogP contribution is 2.52.